The Morgan fingerprint density at radius 1 is 1.21 bits per heavy atom. The van der Waals surface area contributed by atoms with Crippen molar-refractivity contribution in [2.75, 3.05) is 7.05 Å². The van der Waals surface area contributed by atoms with Crippen LogP contribution in [0, 0.1) is 6.92 Å². The van der Waals surface area contributed by atoms with E-state index < -0.39 is 0 Å². The van der Waals surface area contributed by atoms with Gasteiger partial charge in [0.05, 0.1) is 10.6 Å². The third-order valence-corrected chi connectivity index (χ3v) is 5.02. The molecule has 3 aromatic rings. The minimum Gasteiger partial charge on any atom is -0.355 e. The average molecular weight is 342 g/mol. The first-order valence-electron chi connectivity index (χ1n) is 7.52. The van der Waals surface area contributed by atoms with Crippen molar-refractivity contribution in [3.8, 4) is 0 Å². The summed E-state index contributed by atoms with van der Waals surface area (Å²) < 4.78 is 1.80. The van der Waals surface area contributed by atoms with Crippen molar-refractivity contribution in [3.63, 3.8) is 0 Å². The number of carbonyl (C=O) groups excluding carboxylic acids is 2. The topological polar surface area (TPSA) is 76.0 Å². The van der Waals surface area contributed by atoms with Crippen LogP contribution in [0.25, 0.3) is 10.2 Å². The molecule has 0 saturated heterocycles. The van der Waals surface area contributed by atoms with E-state index in [1.54, 1.807) is 23.9 Å². The van der Waals surface area contributed by atoms with Gasteiger partial charge in [-0.25, -0.2) is 0 Å². The van der Waals surface area contributed by atoms with Gasteiger partial charge in [0.25, 0.3) is 11.8 Å². The van der Waals surface area contributed by atoms with Crippen molar-refractivity contribution in [1.29, 1.82) is 0 Å². The van der Waals surface area contributed by atoms with E-state index in [1.807, 2.05) is 32.2 Å². The molecule has 0 saturated carbocycles. The highest BCUT2D eigenvalue weighted by molar-refractivity contribution is 7.20. The Kier molecular flexibility index (Phi) is 4.35. The van der Waals surface area contributed by atoms with Gasteiger partial charge in [-0.15, -0.1) is 11.3 Å². The minimum absolute atomic E-state index is 0.106. The number of fused-ring (bicyclic) bond motifs is 1. The number of aryl methyl sites for hydroxylation is 2. The van der Waals surface area contributed by atoms with Crippen LogP contribution in [0.1, 0.15) is 31.3 Å². The zero-order valence-corrected chi connectivity index (χ0v) is 14.5. The van der Waals surface area contributed by atoms with Gasteiger partial charge in [0, 0.05) is 31.6 Å². The van der Waals surface area contributed by atoms with Crippen LogP contribution in [-0.2, 0) is 13.6 Å². The molecule has 2 amide bonds. The maximum absolute atomic E-state index is 12.3. The Labute approximate surface area is 143 Å². The van der Waals surface area contributed by atoms with E-state index in [1.165, 1.54) is 11.3 Å². The second kappa shape index (κ2) is 6.45. The van der Waals surface area contributed by atoms with Crippen molar-refractivity contribution in [3.05, 3.63) is 52.0 Å². The van der Waals surface area contributed by atoms with Crippen molar-refractivity contribution in [1.82, 2.24) is 20.4 Å². The summed E-state index contributed by atoms with van der Waals surface area (Å²) in [5, 5.41) is 10.8. The molecular weight excluding hydrogens is 324 g/mol. The Bertz CT molecular complexity index is 874. The number of nitrogens with zero attached hydrogens (tertiary/aromatic N) is 2. The molecule has 7 heteroatoms. The summed E-state index contributed by atoms with van der Waals surface area (Å²) >= 11 is 1.43. The fraction of sp³-hybridized carbons (Fsp3) is 0.235. The van der Waals surface area contributed by atoms with E-state index in [-0.39, 0.29) is 11.8 Å². The smallest absolute Gasteiger partial charge is 0.261 e. The van der Waals surface area contributed by atoms with Crippen LogP contribution in [0.4, 0.5) is 0 Å². The summed E-state index contributed by atoms with van der Waals surface area (Å²) in [4.78, 5) is 25.5. The van der Waals surface area contributed by atoms with Crippen LogP contribution in [0.2, 0.25) is 0 Å². The van der Waals surface area contributed by atoms with E-state index in [0.717, 1.165) is 21.5 Å². The van der Waals surface area contributed by atoms with Crippen LogP contribution in [0.15, 0.2) is 30.3 Å². The van der Waals surface area contributed by atoms with E-state index in [9.17, 15) is 9.59 Å². The number of hydrogen-bond donors (Lipinski definition) is 2. The van der Waals surface area contributed by atoms with Crippen LogP contribution >= 0.6 is 11.3 Å². The van der Waals surface area contributed by atoms with Gasteiger partial charge in [-0.1, -0.05) is 12.1 Å². The summed E-state index contributed by atoms with van der Waals surface area (Å²) in [6.45, 7) is 2.35. The Morgan fingerprint density at radius 3 is 2.54 bits per heavy atom. The van der Waals surface area contributed by atoms with Gasteiger partial charge in [0.15, 0.2) is 0 Å². The molecule has 0 aliphatic heterocycles. The molecule has 0 spiro atoms. The lowest BCUT2D eigenvalue weighted by Gasteiger charge is -2.05. The minimum atomic E-state index is -0.125. The van der Waals surface area contributed by atoms with Gasteiger partial charge in [0.2, 0.25) is 0 Å². The maximum Gasteiger partial charge on any atom is 0.261 e. The molecule has 3 rings (SSSR count). The third kappa shape index (κ3) is 3.03. The lowest BCUT2D eigenvalue weighted by molar-refractivity contribution is 0.0949. The molecular formula is C17H18N4O2S. The summed E-state index contributed by atoms with van der Waals surface area (Å²) in [6, 6.07) is 9.05. The summed E-state index contributed by atoms with van der Waals surface area (Å²) in [6.07, 6.45) is 0. The highest BCUT2D eigenvalue weighted by Crippen LogP contribution is 2.27. The SMILES string of the molecule is CNC(=O)c1ccc(CNC(=O)c2cc3c(C)nn(C)c3s2)cc1. The molecule has 2 heterocycles. The van der Waals surface area contributed by atoms with E-state index in [2.05, 4.69) is 15.7 Å². The highest BCUT2D eigenvalue weighted by atomic mass is 32.1. The van der Waals surface area contributed by atoms with Crippen LogP contribution in [0.5, 0.6) is 0 Å². The highest BCUT2D eigenvalue weighted by Gasteiger charge is 2.14. The van der Waals surface area contributed by atoms with Crippen molar-refractivity contribution < 1.29 is 9.59 Å². The third-order valence-electron chi connectivity index (χ3n) is 3.82. The molecule has 0 aliphatic rings. The Balaban J connectivity index is 1.68. The maximum atomic E-state index is 12.3. The Morgan fingerprint density at radius 2 is 1.92 bits per heavy atom. The standard InChI is InChI=1S/C17H18N4O2S/c1-10-13-8-14(24-17(13)21(3)20-10)16(23)19-9-11-4-6-12(7-5-11)15(22)18-2/h4-8H,9H2,1-3H3,(H,18,22)(H,19,23). The van der Waals surface area contributed by atoms with Crippen LogP contribution in [0.3, 0.4) is 0 Å². The molecule has 0 aliphatic carbocycles. The molecule has 124 valence electrons. The lowest BCUT2D eigenvalue weighted by Crippen LogP contribution is -2.22. The number of amides is 2. The summed E-state index contributed by atoms with van der Waals surface area (Å²) in [5.41, 5.74) is 2.46. The van der Waals surface area contributed by atoms with E-state index in [4.69, 9.17) is 0 Å². The Hall–Kier alpha value is -2.67. The monoisotopic (exact) mass is 342 g/mol. The van der Waals surface area contributed by atoms with E-state index in [0.29, 0.717) is 17.0 Å². The van der Waals surface area contributed by atoms with Gasteiger partial charge >= 0.3 is 0 Å². The molecule has 1 aromatic carbocycles. The molecule has 0 unspecified atom stereocenters. The predicted molar refractivity (Wildman–Crippen MR) is 94.3 cm³/mol. The van der Waals surface area contributed by atoms with Crippen molar-refractivity contribution in [2.45, 2.75) is 13.5 Å². The number of aromatic nitrogens is 2. The number of benzene rings is 1. The van der Waals surface area contributed by atoms with Gasteiger partial charge < -0.3 is 10.6 Å². The summed E-state index contributed by atoms with van der Waals surface area (Å²) in [5.74, 6) is -0.231. The van der Waals surface area contributed by atoms with Crippen molar-refractivity contribution >= 4 is 33.4 Å². The zero-order chi connectivity index (χ0) is 17.3. The normalized spacial score (nSPS) is 10.8. The molecule has 6 nitrogen and oxygen atoms in total. The molecule has 0 fully saturated rings. The fourth-order valence-electron chi connectivity index (χ4n) is 2.50. The average Bonchev–Trinajstić information content (AvgIpc) is 3.14. The van der Waals surface area contributed by atoms with Crippen LogP contribution in [-0.4, -0.2) is 28.6 Å². The molecule has 2 aromatic heterocycles. The quantitative estimate of drug-likeness (QED) is 0.763. The van der Waals surface area contributed by atoms with Gasteiger partial charge in [0.1, 0.15) is 4.83 Å². The number of rotatable bonds is 4. The second-order valence-corrected chi connectivity index (χ2v) is 6.53. The van der Waals surface area contributed by atoms with Gasteiger partial charge in [-0.3, -0.25) is 14.3 Å². The second-order valence-electron chi connectivity index (χ2n) is 5.50. The van der Waals surface area contributed by atoms with Gasteiger partial charge in [-0.2, -0.15) is 5.10 Å². The number of thiophene rings is 1. The fourth-order valence-corrected chi connectivity index (χ4v) is 3.54. The van der Waals surface area contributed by atoms with Crippen molar-refractivity contribution in [2.24, 2.45) is 7.05 Å². The number of hydrogen-bond acceptors (Lipinski definition) is 4. The predicted octanol–water partition coefficient (Wildman–Crippen LogP) is 2.23. The number of carbonyl (C=O) groups is 2. The largest absolute Gasteiger partial charge is 0.355 e. The molecule has 0 atom stereocenters. The molecule has 0 radical (unpaired) electrons. The molecule has 0 bridgehead atoms. The first kappa shape index (κ1) is 16.2. The first-order chi connectivity index (χ1) is 11.5. The number of nitrogens with one attached hydrogen (secondary N) is 2. The van der Waals surface area contributed by atoms with E-state index >= 15 is 0 Å². The lowest BCUT2D eigenvalue weighted by atomic mass is 10.1. The van der Waals surface area contributed by atoms with Crippen LogP contribution < -0.4 is 10.6 Å². The van der Waals surface area contributed by atoms with Gasteiger partial charge in [-0.05, 0) is 30.7 Å². The summed E-state index contributed by atoms with van der Waals surface area (Å²) in [7, 11) is 3.47. The zero-order valence-electron chi connectivity index (χ0n) is 13.7. The first-order valence-corrected chi connectivity index (χ1v) is 8.33. The molecule has 24 heavy (non-hydrogen) atoms. The molecule has 2 N–H and O–H groups in total.